The van der Waals surface area contributed by atoms with Crippen LogP contribution in [0.15, 0.2) is 0 Å². The zero-order valence-corrected chi connectivity index (χ0v) is 12.8. The van der Waals surface area contributed by atoms with E-state index in [1.165, 1.54) is 11.8 Å². The zero-order valence-electron chi connectivity index (χ0n) is 12.8. The molecule has 2 atom stereocenters. The quantitative estimate of drug-likeness (QED) is 0.746. The number of hydrogen-bond donors (Lipinski definition) is 2. The summed E-state index contributed by atoms with van der Waals surface area (Å²) in [6.45, 7) is 4.87. The summed E-state index contributed by atoms with van der Waals surface area (Å²) < 4.78 is 4.84. The van der Waals surface area contributed by atoms with Crippen molar-refractivity contribution in [3.05, 3.63) is 0 Å². The second-order valence-electron chi connectivity index (χ2n) is 5.59. The van der Waals surface area contributed by atoms with Crippen LogP contribution >= 0.6 is 0 Å². The lowest BCUT2D eigenvalue weighted by Crippen LogP contribution is -2.57. The molecule has 1 aliphatic carbocycles. The Bertz CT molecular complexity index is 351. The summed E-state index contributed by atoms with van der Waals surface area (Å²) in [4.78, 5) is 25.2. The van der Waals surface area contributed by atoms with Crippen molar-refractivity contribution < 1.29 is 19.4 Å². The van der Waals surface area contributed by atoms with Crippen molar-refractivity contribution in [1.29, 1.82) is 0 Å². The minimum absolute atomic E-state index is 0.194. The fraction of sp³-hybridized carbons (Fsp3) is 0.857. The minimum Gasteiger partial charge on any atom is -0.464 e. The number of amides is 2. The summed E-state index contributed by atoms with van der Waals surface area (Å²) in [7, 11) is 1.57. The van der Waals surface area contributed by atoms with Crippen molar-refractivity contribution in [2.75, 3.05) is 13.7 Å². The Balaban J connectivity index is 2.61. The van der Waals surface area contributed by atoms with Gasteiger partial charge in [0.05, 0.1) is 12.6 Å². The van der Waals surface area contributed by atoms with Gasteiger partial charge in [0.15, 0.2) is 5.60 Å². The first kappa shape index (κ1) is 16.8. The van der Waals surface area contributed by atoms with Crippen LogP contribution in [0.25, 0.3) is 0 Å². The van der Waals surface area contributed by atoms with E-state index in [1.807, 2.05) is 0 Å². The van der Waals surface area contributed by atoms with Crippen LogP contribution in [-0.2, 0) is 9.53 Å². The number of carbonyl (C=O) groups is 2. The molecular weight excluding hydrogens is 260 g/mol. The molecule has 0 spiro atoms. The first-order valence-electron chi connectivity index (χ1n) is 7.23. The summed E-state index contributed by atoms with van der Waals surface area (Å²) >= 11 is 0. The van der Waals surface area contributed by atoms with Crippen LogP contribution in [0.2, 0.25) is 0 Å². The maximum Gasteiger partial charge on any atom is 0.339 e. The monoisotopic (exact) mass is 286 g/mol. The molecule has 0 aliphatic heterocycles. The van der Waals surface area contributed by atoms with Crippen LogP contribution < -0.4 is 5.32 Å². The van der Waals surface area contributed by atoms with Crippen LogP contribution in [-0.4, -0.2) is 53.3 Å². The molecule has 0 aromatic carbocycles. The molecule has 0 aromatic heterocycles. The van der Waals surface area contributed by atoms with E-state index in [2.05, 4.69) is 5.32 Å². The molecule has 1 rings (SSSR count). The van der Waals surface area contributed by atoms with Crippen molar-refractivity contribution in [1.82, 2.24) is 10.2 Å². The molecule has 0 radical (unpaired) electrons. The van der Waals surface area contributed by atoms with Gasteiger partial charge in [0, 0.05) is 13.1 Å². The highest BCUT2D eigenvalue weighted by Gasteiger charge is 2.42. The van der Waals surface area contributed by atoms with E-state index in [1.54, 1.807) is 20.9 Å². The average Bonchev–Trinajstić information content (AvgIpc) is 2.89. The van der Waals surface area contributed by atoms with Gasteiger partial charge in [-0.2, -0.15) is 0 Å². The van der Waals surface area contributed by atoms with E-state index >= 15 is 0 Å². The smallest absolute Gasteiger partial charge is 0.339 e. The number of rotatable bonds is 5. The fourth-order valence-electron chi connectivity index (χ4n) is 2.35. The lowest BCUT2D eigenvalue weighted by atomic mass is 9.97. The molecule has 0 aromatic rings. The molecule has 0 saturated heterocycles. The number of likely N-dealkylation sites (N-methyl/N-ethyl adjacent to an activating group) is 1. The van der Waals surface area contributed by atoms with E-state index in [0.717, 1.165) is 25.7 Å². The molecule has 2 amide bonds. The molecule has 2 N–H and O–H groups in total. The van der Waals surface area contributed by atoms with Gasteiger partial charge >= 0.3 is 12.0 Å². The zero-order chi connectivity index (χ0) is 15.3. The van der Waals surface area contributed by atoms with Gasteiger partial charge in [-0.05, 0) is 33.6 Å². The van der Waals surface area contributed by atoms with Crippen LogP contribution in [0.1, 0.15) is 46.5 Å². The van der Waals surface area contributed by atoms with Gasteiger partial charge in [0.1, 0.15) is 0 Å². The number of ether oxygens (including phenoxy) is 1. The Morgan fingerprint density at radius 2 is 2.00 bits per heavy atom. The van der Waals surface area contributed by atoms with Crippen molar-refractivity contribution >= 4 is 12.0 Å². The lowest BCUT2D eigenvalue weighted by Gasteiger charge is -2.35. The van der Waals surface area contributed by atoms with Crippen molar-refractivity contribution in [3.63, 3.8) is 0 Å². The highest BCUT2D eigenvalue weighted by atomic mass is 16.5. The first-order valence-corrected chi connectivity index (χ1v) is 7.23. The van der Waals surface area contributed by atoms with Gasteiger partial charge in [-0.1, -0.05) is 12.8 Å². The third kappa shape index (κ3) is 3.85. The fourth-order valence-corrected chi connectivity index (χ4v) is 2.35. The summed E-state index contributed by atoms with van der Waals surface area (Å²) in [6.07, 6.45) is 4.24. The first-order chi connectivity index (χ1) is 9.30. The molecular formula is C14H26N2O4. The third-order valence-electron chi connectivity index (χ3n) is 4.09. The number of nitrogens with zero attached hydrogens (tertiary/aromatic N) is 1. The lowest BCUT2D eigenvalue weighted by molar-refractivity contribution is -0.168. The molecule has 1 fully saturated rings. The van der Waals surface area contributed by atoms with E-state index < -0.39 is 17.6 Å². The molecule has 0 heterocycles. The third-order valence-corrected chi connectivity index (χ3v) is 4.09. The number of nitrogens with one attached hydrogen (secondary N) is 1. The second-order valence-corrected chi connectivity index (χ2v) is 5.59. The van der Waals surface area contributed by atoms with E-state index in [-0.39, 0.29) is 18.7 Å². The second kappa shape index (κ2) is 6.92. The van der Waals surface area contributed by atoms with Crippen LogP contribution in [0.3, 0.4) is 0 Å². The summed E-state index contributed by atoms with van der Waals surface area (Å²) in [5.41, 5.74) is -1.72. The predicted molar refractivity (Wildman–Crippen MR) is 75.3 cm³/mol. The minimum atomic E-state index is -1.72. The standard InChI is InChI=1S/C14H26N2O4/c1-5-20-12(17)14(3,19)10(2)16(4)13(18)15-11-8-6-7-9-11/h10-11,19H,5-9H2,1-4H3,(H,15,18)/t10-,14?/m1/s1. The van der Waals surface area contributed by atoms with Crippen molar-refractivity contribution in [2.24, 2.45) is 0 Å². The molecule has 6 nitrogen and oxygen atoms in total. The highest BCUT2D eigenvalue weighted by molar-refractivity contribution is 5.82. The Kier molecular flexibility index (Phi) is 5.80. The Morgan fingerprint density at radius 3 is 2.50 bits per heavy atom. The van der Waals surface area contributed by atoms with Gasteiger partial charge in [-0.15, -0.1) is 0 Å². The Labute approximate surface area is 120 Å². The molecule has 1 saturated carbocycles. The van der Waals surface area contributed by atoms with Gasteiger partial charge in [0.25, 0.3) is 0 Å². The Hall–Kier alpha value is -1.30. The molecule has 1 unspecified atom stereocenters. The van der Waals surface area contributed by atoms with Crippen molar-refractivity contribution in [2.45, 2.75) is 64.1 Å². The van der Waals surface area contributed by atoms with Crippen LogP contribution in [0.5, 0.6) is 0 Å². The Morgan fingerprint density at radius 1 is 1.45 bits per heavy atom. The van der Waals surface area contributed by atoms with Crippen molar-refractivity contribution in [3.8, 4) is 0 Å². The highest BCUT2D eigenvalue weighted by Crippen LogP contribution is 2.20. The maximum atomic E-state index is 12.1. The van der Waals surface area contributed by atoms with Crippen LogP contribution in [0.4, 0.5) is 4.79 Å². The number of urea groups is 1. The van der Waals surface area contributed by atoms with E-state index in [4.69, 9.17) is 4.74 Å². The number of esters is 1. The SMILES string of the molecule is CCOC(=O)C(C)(O)[C@@H](C)N(C)C(=O)NC1CCCC1. The van der Waals surface area contributed by atoms with Crippen LogP contribution in [0, 0.1) is 0 Å². The van der Waals surface area contributed by atoms with Gasteiger partial charge in [-0.3, -0.25) is 0 Å². The predicted octanol–water partition coefficient (Wildman–Crippen LogP) is 1.27. The number of aliphatic hydroxyl groups is 1. The molecule has 6 heteroatoms. The largest absolute Gasteiger partial charge is 0.464 e. The maximum absolute atomic E-state index is 12.1. The number of carbonyl (C=O) groups excluding carboxylic acids is 2. The van der Waals surface area contributed by atoms with E-state index in [9.17, 15) is 14.7 Å². The summed E-state index contributed by atoms with van der Waals surface area (Å²) in [6, 6.07) is -0.749. The molecule has 20 heavy (non-hydrogen) atoms. The van der Waals surface area contributed by atoms with Gasteiger partial charge in [-0.25, -0.2) is 9.59 Å². The topological polar surface area (TPSA) is 78.9 Å². The average molecular weight is 286 g/mol. The van der Waals surface area contributed by atoms with Gasteiger partial charge in [0.2, 0.25) is 0 Å². The molecule has 0 bridgehead atoms. The summed E-state index contributed by atoms with van der Waals surface area (Å²) in [5.74, 6) is -0.715. The number of hydrogen-bond acceptors (Lipinski definition) is 4. The summed E-state index contributed by atoms with van der Waals surface area (Å²) in [5, 5.41) is 13.2. The van der Waals surface area contributed by atoms with E-state index in [0.29, 0.717) is 0 Å². The normalized spacial score (nSPS) is 20.1. The molecule has 116 valence electrons. The molecule has 1 aliphatic rings. The van der Waals surface area contributed by atoms with Gasteiger partial charge < -0.3 is 20.1 Å².